The number of carbonyl (C=O) groups is 2. The summed E-state index contributed by atoms with van der Waals surface area (Å²) in [5.74, 6) is 0.604. The molecule has 7 nitrogen and oxygen atoms in total. The monoisotopic (exact) mass is 503 g/mol. The number of hydrogen-bond acceptors (Lipinski definition) is 6. The molecule has 0 saturated carbocycles. The van der Waals surface area contributed by atoms with E-state index in [1.54, 1.807) is 25.1 Å². The number of ketones is 1. The van der Waals surface area contributed by atoms with Gasteiger partial charge in [0.1, 0.15) is 34.0 Å². The highest BCUT2D eigenvalue weighted by Gasteiger charge is 2.71. The van der Waals surface area contributed by atoms with Crippen LogP contribution >= 0.6 is 0 Å². The Morgan fingerprint density at radius 2 is 1.76 bits per heavy atom. The van der Waals surface area contributed by atoms with E-state index in [0.717, 1.165) is 16.8 Å². The predicted octanol–water partition coefficient (Wildman–Crippen LogP) is 5.01. The second-order valence-corrected chi connectivity index (χ2v) is 11.6. The molecule has 2 bridgehead atoms. The third-order valence-electron chi connectivity index (χ3n) is 8.87. The highest BCUT2D eigenvalue weighted by Crippen LogP contribution is 2.71. The van der Waals surface area contributed by atoms with Gasteiger partial charge in [-0.2, -0.15) is 0 Å². The van der Waals surface area contributed by atoms with E-state index in [-0.39, 0.29) is 29.4 Å². The second kappa shape index (κ2) is 7.38. The summed E-state index contributed by atoms with van der Waals surface area (Å²) in [6.45, 7) is 9.87. The van der Waals surface area contributed by atoms with E-state index in [1.807, 2.05) is 18.2 Å². The average molecular weight is 504 g/mol. The van der Waals surface area contributed by atoms with E-state index >= 15 is 0 Å². The lowest BCUT2D eigenvalue weighted by atomic mass is 9.49. The first kappa shape index (κ1) is 24.0. The van der Waals surface area contributed by atoms with Gasteiger partial charge in [0.2, 0.25) is 0 Å². The van der Waals surface area contributed by atoms with E-state index in [0.29, 0.717) is 28.4 Å². The van der Waals surface area contributed by atoms with Crippen molar-refractivity contribution in [2.24, 2.45) is 11.8 Å². The van der Waals surface area contributed by atoms with Crippen LogP contribution in [0.15, 0.2) is 42.0 Å². The number of likely N-dealkylation sites (N-methyl/N-ethyl adjacent to an activating group) is 1. The summed E-state index contributed by atoms with van der Waals surface area (Å²) in [5.41, 5.74) is 1.19. The third-order valence-corrected chi connectivity index (χ3v) is 8.87. The van der Waals surface area contributed by atoms with Crippen LogP contribution in [0.3, 0.4) is 0 Å². The van der Waals surface area contributed by atoms with Crippen molar-refractivity contribution in [1.29, 1.82) is 0 Å². The topological polar surface area (TPSA) is 74.3 Å². The fourth-order valence-corrected chi connectivity index (χ4v) is 7.52. The van der Waals surface area contributed by atoms with Crippen LogP contribution in [0, 0.1) is 11.8 Å². The fraction of sp³-hybridized carbons (Fsp3) is 0.467. The summed E-state index contributed by atoms with van der Waals surface area (Å²) in [4.78, 5) is 28.6. The minimum absolute atomic E-state index is 0.0705. The van der Waals surface area contributed by atoms with Crippen molar-refractivity contribution in [3.8, 4) is 17.2 Å². The van der Waals surface area contributed by atoms with Crippen molar-refractivity contribution in [3.63, 3.8) is 0 Å². The molecule has 0 N–H and O–H groups in total. The summed E-state index contributed by atoms with van der Waals surface area (Å²) >= 11 is 0. The van der Waals surface area contributed by atoms with Gasteiger partial charge in [-0.15, -0.1) is 0 Å². The largest absolute Gasteiger partial charge is 0.496 e. The van der Waals surface area contributed by atoms with Gasteiger partial charge in [0.25, 0.3) is 5.91 Å². The molecule has 0 aromatic heterocycles. The highest BCUT2D eigenvalue weighted by atomic mass is 16.5. The minimum Gasteiger partial charge on any atom is -0.496 e. The zero-order valence-corrected chi connectivity index (χ0v) is 22.6. The lowest BCUT2D eigenvalue weighted by Gasteiger charge is -2.67. The third kappa shape index (κ3) is 2.81. The molecule has 1 saturated heterocycles. The molecule has 37 heavy (non-hydrogen) atoms. The van der Waals surface area contributed by atoms with Crippen molar-refractivity contribution >= 4 is 17.4 Å². The number of ether oxygens (including phenoxy) is 4. The van der Waals surface area contributed by atoms with Crippen LogP contribution in [-0.2, 0) is 15.1 Å². The van der Waals surface area contributed by atoms with Crippen molar-refractivity contribution in [1.82, 2.24) is 0 Å². The molecule has 1 amide bonds. The van der Waals surface area contributed by atoms with Crippen molar-refractivity contribution in [2.75, 3.05) is 26.2 Å². The molecule has 4 heterocycles. The lowest BCUT2D eigenvalue weighted by Crippen LogP contribution is -2.69. The number of para-hydroxylation sites is 1. The van der Waals surface area contributed by atoms with Crippen molar-refractivity contribution in [2.45, 2.75) is 57.3 Å². The van der Waals surface area contributed by atoms with Gasteiger partial charge in [-0.1, -0.05) is 24.3 Å². The Morgan fingerprint density at radius 3 is 2.41 bits per heavy atom. The molecule has 1 aliphatic carbocycles. The van der Waals surface area contributed by atoms with Crippen LogP contribution in [-0.4, -0.2) is 44.2 Å². The molecule has 0 radical (unpaired) electrons. The molecule has 1 fully saturated rings. The minimum atomic E-state index is -1.09. The summed E-state index contributed by atoms with van der Waals surface area (Å²) in [6.07, 6.45) is 2.12. The molecular weight excluding hydrogens is 470 g/mol. The molecule has 4 aliphatic heterocycles. The summed E-state index contributed by atoms with van der Waals surface area (Å²) in [6, 6.07) is 9.71. The Morgan fingerprint density at radius 1 is 1.05 bits per heavy atom. The molecule has 5 aliphatic rings. The number of nitrogens with zero attached hydrogens (tertiary/aromatic N) is 1. The van der Waals surface area contributed by atoms with Crippen molar-refractivity contribution in [3.05, 3.63) is 58.7 Å². The van der Waals surface area contributed by atoms with E-state index in [9.17, 15) is 9.59 Å². The highest BCUT2D eigenvalue weighted by molar-refractivity contribution is 6.11. The molecule has 0 unspecified atom stereocenters. The van der Waals surface area contributed by atoms with Gasteiger partial charge in [-0.25, -0.2) is 0 Å². The molecule has 2 aromatic rings. The first-order valence-corrected chi connectivity index (χ1v) is 12.7. The van der Waals surface area contributed by atoms with Gasteiger partial charge in [0.15, 0.2) is 5.78 Å². The first-order chi connectivity index (χ1) is 17.4. The SMILES string of the molecule is COc1cc2c(c(OC)c1C(C)=O)[C@@H]1[C@@H]([C@@H]3C=C4C(=O)N(C)c5ccccc5[C@@]41OC3(C)C)C(C)(C)O2. The standard InChI is InChI=1S/C30H33NO6/c1-15(32)22-20(34-7)14-21-23(26(22)35-8)25-24(29(4,5)36-21)17-13-18-27(33)31(6)19-12-10-9-11-16(19)30(18,25)37-28(17,2)3/h9-14,17,24-25H,1-8H3/t17-,24+,25+,30+/m0/s1. The molecule has 7 rings (SSSR count). The van der Waals surface area contributed by atoms with Crippen LogP contribution in [0.4, 0.5) is 5.69 Å². The summed E-state index contributed by atoms with van der Waals surface area (Å²) < 4.78 is 25.5. The van der Waals surface area contributed by atoms with Crippen LogP contribution in [0.25, 0.3) is 0 Å². The number of carbonyl (C=O) groups excluding carboxylic acids is 2. The number of fused-ring (bicyclic) bond motifs is 3. The van der Waals surface area contributed by atoms with E-state index < -0.39 is 16.8 Å². The van der Waals surface area contributed by atoms with Crippen LogP contribution in [0.2, 0.25) is 0 Å². The summed E-state index contributed by atoms with van der Waals surface area (Å²) in [7, 11) is 4.90. The molecule has 194 valence electrons. The number of hydrogen-bond donors (Lipinski definition) is 0. The Labute approximate surface area is 217 Å². The lowest BCUT2D eigenvalue weighted by molar-refractivity contribution is -0.252. The van der Waals surface area contributed by atoms with E-state index in [2.05, 4.69) is 39.8 Å². The zero-order chi connectivity index (χ0) is 26.7. The number of methoxy groups -OCH3 is 2. The van der Waals surface area contributed by atoms with Crippen LogP contribution in [0.5, 0.6) is 17.2 Å². The average Bonchev–Trinajstić information content (AvgIpc) is 2.84. The van der Waals surface area contributed by atoms with Crippen LogP contribution < -0.4 is 19.1 Å². The van der Waals surface area contributed by atoms with E-state index in [1.165, 1.54) is 14.0 Å². The van der Waals surface area contributed by atoms with Gasteiger partial charge in [-0.05, 0) is 40.7 Å². The molecule has 4 atom stereocenters. The number of amides is 1. The predicted molar refractivity (Wildman–Crippen MR) is 139 cm³/mol. The van der Waals surface area contributed by atoms with Gasteiger partial charge < -0.3 is 23.8 Å². The maximum absolute atomic E-state index is 13.9. The zero-order valence-electron chi connectivity index (χ0n) is 22.6. The number of Topliss-reactive ketones (excluding diaryl/α,β-unsaturated/α-hetero) is 1. The maximum atomic E-state index is 13.9. The second-order valence-electron chi connectivity index (χ2n) is 11.6. The maximum Gasteiger partial charge on any atom is 0.256 e. The van der Waals surface area contributed by atoms with Gasteiger partial charge in [0, 0.05) is 42.0 Å². The normalized spacial score (nSPS) is 29.7. The van der Waals surface area contributed by atoms with Gasteiger partial charge in [-0.3, -0.25) is 9.59 Å². The van der Waals surface area contributed by atoms with Gasteiger partial charge >= 0.3 is 0 Å². The molecular formula is C30H33NO6. The molecule has 1 spiro atoms. The number of benzene rings is 2. The Kier molecular flexibility index (Phi) is 4.79. The smallest absolute Gasteiger partial charge is 0.256 e. The number of anilines is 1. The Hall–Kier alpha value is -3.32. The Balaban J connectivity index is 1.78. The number of rotatable bonds is 3. The van der Waals surface area contributed by atoms with Crippen LogP contribution in [0.1, 0.15) is 62.0 Å². The summed E-state index contributed by atoms with van der Waals surface area (Å²) in [5, 5.41) is 0. The van der Waals surface area contributed by atoms with Gasteiger partial charge in [0.05, 0.1) is 31.1 Å². The molecule has 7 heteroatoms. The fourth-order valence-electron chi connectivity index (χ4n) is 7.52. The first-order valence-electron chi connectivity index (χ1n) is 12.7. The van der Waals surface area contributed by atoms with Crippen molar-refractivity contribution < 1.29 is 28.5 Å². The molecule has 2 aromatic carbocycles. The Bertz CT molecular complexity index is 1410. The van der Waals surface area contributed by atoms with E-state index in [4.69, 9.17) is 18.9 Å². The quantitative estimate of drug-likeness (QED) is 0.548.